The van der Waals surface area contributed by atoms with Crippen molar-refractivity contribution in [3.05, 3.63) is 24.2 Å². The molecule has 3 rings (SSSR count). The standard InChI is InChI=1S/C15H20N2O5S/c1-9(2)12-13-10(17(15(12)19)23(3,20)21)6-7-16(13)14(18)11-5-4-8-22-11/h4-5,8-10,12-13H,6-7H2,1-3H3/t10-,12+,13?/m0/s1. The fourth-order valence-electron chi connectivity index (χ4n) is 3.81. The minimum atomic E-state index is -3.65. The zero-order valence-electron chi connectivity index (χ0n) is 13.3. The highest BCUT2D eigenvalue weighted by atomic mass is 32.2. The molecule has 23 heavy (non-hydrogen) atoms. The molecule has 3 atom stereocenters. The molecule has 2 aliphatic rings. The third kappa shape index (κ3) is 2.45. The second kappa shape index (κ2) is 5.36. The summed E-state index contributed by atoms with van der Waals surface area (Å²) in [5.74, 6) is -1.08. The van der Waals surface area contributed by atoms with Crippen LogP contribution in [-0.4, -0.2) is 54.3 Å². The summed E-state index contributed by atoms with van der Waals surface area (Å²) in [6.45, 7) is 4.16. The van der Waals surface area contributed by atoms with Gasteiger partial charge in [-0.1, -0.05) is 13.8 Å². The number of rotatable bonds is 3. The number of sulfonamides is 1. The van der Waals surface area contributed by atoms with Crippen molar-refractivity contribution < 1.29 is 22.4 Å². The van der Waals surface area contributed by atoms with E-state index < -0.39 is 33.9 Å². The summed E-state index contributed by atoms with van der Waals surface area (Å²) in [6.07, 6.45) is 2.92. The first-order valence-corrected chi connectivity index (χ1v) is 9.46. The largest absolute Gasteiger partial charge is 0.459 e. The van der Waals surface area contributed by atoms with E-state index in [-0.39, 0.29) is 17.6 Å². The van der Waals surface area contributed by atoms with Crippen molar-refractivity contribution in [2.24, 2.45) is 11.8 Å². The maximum atomic E-state index is 12.6. The second-order valence-corrected chi connectivity index (χ2v) is 8.35. The topological polar surface area (TPSA) is 87.9 Å². The van der Waals surface area contributed by atoms with E-state index >= 15 is 0 Å². The van der Waals surface area contributed by atoms with Crippen LogP contribution < -0.4 is 0 Å². The van der Waals surface area contributed by atoms with Crippen LogP contribution in [0.5, 0.6) is 0 Å². The highest BCUT2D eigenvalue weighted by Crippen LogP contribution is 2.41. The Morgan fingerprint density at radius 3 is 2.61 bits per heavy atom. The molecule has 7 nitrogen and oxygen atoms in total. The summed E-state index contributed by atoms with van der Waals surface area (Å²) in [7, 11) is -3.65. The predicted molar refractivity (Wildman–Crippen MR) is 82.0 cm³/mol. The van der Waals surface area contributed by atoms with Crippen LogP contribution in [-0.2, 0) is 14.8 Å². The molecule has 0 bridgehead atoms. The fraction of sp³-hybridized carbons (Fsp3) is 0.600. The highest BCUT2D eigenvalue weighted by molar-refractivity contribution is 7.88. The Balaban J connectivity index is 2.00. The van der Waals surface area contributed by atoms with Crippen molar-refractivity contribution in [3.8, 4) is 0 Å². The van der Waals surface area contributed by atoms with Gasteiger partial charge >= 0.3 is 0 Å². The van der Waals surface area contributed by atoms with E-state index in [0.717, 1.165) is 10.6 Å². The van der Waals surface area contributed by atoms with Gasteiger partial charge in [-0.15, -0.1) is 0 Å². The van der Waals surface area contributed by atoms with Crippen molar-refractivity contribution >= 4 is 21.8 Å². The molecule has 1 aromatic heterocycles. The van der Waals surface area contributed by atoms with E-state index in [1.807, 2.05) is 13.8 Å². The molecule has 3 heterocycles. The van der Waals surface area contributed by atoms with Gasteiger partial charge in [-0.3, -0.25) is 9.59 Å². The predicted octanol–water partition coefficient (Wildman–Crippen LogP) is 0.937. The quantitative estimate of drug-likeness (QED) is 0.817. The van der Waals surface area contributed by atoms with E-state index in [2.05, 4.69) is 0 Å². The van der Waals surface area contributed by atoms with E-state index in [9.17, 15) is 18.0 Å². The molecule has 0 radical (unpaired) electrons. The molecule has 0 aliphatic carbocycles. The van der Waals surface area contributed by atoms with Crippen LogP contribution in [0.25, 0.3) is 0 Å². The van der Waals surface area contributed by atoms with Crippen LogP contribution in [0.15, 0.2) is 22.8 Å². The number of furan rings is 1. The Hall–Kier alpha value is -1.83. The maximum absolute atomic E-state index is 12.6. The van der Waals surface area contributed by atoms with Crippen LogP contribution in [0.4, 0.5) is 0 Å². The van der Waals surface area contributed by atoms with Crippen molar-refractivity contribution in [3.63, 3.8) is 0 Å². The molecule has 0 spiro atoms. The average Bonchev–Trinajstić information content (AvgIpc) is 3.10. The number of hydrogen-bond acceptors (Lipinski definition) is 5. The number of fused-ring (bicyclic) bond motifs is 1. The highest BCUT2D eigenvalue weighted by Gasteiger charge is 2.58. The smallest absolute Gasteiger partial charge is 0.289 e. The van der Waals surface area contributed by atoms with Gasteiger partial charge in [0.2, 0.25) is 15.9 Å². The Morgan fingerprint density at radius 2 is 2.09 bits per heavy atom. The first kappa shape index (κ1) is 16.0. The molecule has 8 heteroatoms. The van der Waals surface area contributed by atoms with Crippen LogP contribution in [0.2, 0.25) is 0 Å². The first-order valence-electron chi connectivity index (χ1n) is 7.61. The molecule has 1 aromatic rings. The van der Waals surface area contributed by atoms with Crippen molar-refractivity contribution in [1.82, 2.24) is 9.21 Å². The van der Waals surface area contributed by atoms with Crippen molar-refractivity contribution in [1.29, 1.82) is 0 Å². The number of likely N-dealkylation sites (tertiary alicyclic amines) is 1. The van der Waals surface area contributed by atoms with E-state index in [0.29, 0.717) is 13.0 Å². The minimum absolute atomic E-state index is 0.0632. The summed E-state index contributed by atoms with van der Waals surface area (Å²) in [4.78, 5) is 26.9. The minimum Gasteiger partial charge on any atom is -0.459 e. The lowest BCUT2D eigenvalue weighted by molar-refractivity contribution is -0.129. The molecular weight excluding hydrogens is 320 g/mol. The lowest BCUT2D eigenvalue weighted by Crippen LogP contribution is -2.44. The molecule has 126 valence electrons. The molecular formula is C15H20N2O5S. The molecule has 2 fully saturated rings. The number of nitrogens with zero attached hydrogens (tertiary/aromatic N) is 2. The number of amides is 2. The number of carbonyl (C=O) groups is 2. The third-order valence-corrected chi connectivity index (χ3v) is 5.83. The van der Waals surface area contributed by atoms with Gasteiger partial charge in [0.15, 0.2) is 5.76 Å². The van der Waals surface area contributed by atoms with Gasteiger partial charge in [0.1, 0.15) is 0 Å². The van der Waals surface area contributed by atoms with Crippen LogP contribution in [0, 0.1) is 11.8 Å². The van der Waals surface area contributed by atoms with Crippen LogP contribution >= 0.6 is 0 Å². The molecule has 0 aromatic carbocycles. The Bertz CT molecular complexity index is 725. The summed E-state index contributed by atoms with van der Waals surface area (Å²) in [6, 6.07) is 2.28. The molecule has 1 unspecified atom stereocenters. The van der Waals surface area contributed by atoms with Gasteiger partial charge < -0.3 is 9.32 Å². The van der Waals surface area contributed by atoms with Crippen molar-refractivity contribution in [2.45, 2.75) is 32.4 Å². The Morgan fingerprint density at radius 1 is 1.39 bits per heavy atom. The first-order chi connectivity index (χ1) is 10.7. The van der Waals surface area contributed by atoms with Gasteiger partial charge in [-0.2, -0.15) is 0 Å². The summed E-state index contributed by atoms with van der Waals surface area (Å²) >= 11 is 0. The fourth-order valence-corrected chi connectivity index (χ4v) is 4.98. The summed E-state index contributed by atoms with van der Waals surface area (Å²) < 4.78 is 30.2. The lowest BCUT2D eigenvalue weighted by atomic mass is 9.88. The summed E-state index contributed by atoms with van der Waals surface area (Å²) in [5, 5.41) is 0. The second-order valence-electron chi connectivity index (χ2n) is 6.49. The van der Waals surface area contributed by atoms with Gasteiger partial charge in [0.25, 0.3) is 5.91 Å². The van der Waals surface area contributed by atoms with Crippen molar-refractivity contribution in [2.75, 3.05) is 12.8 Å². The van der Waals surface area contributed by atoms with E-state index in [1.165, 1.54) is 6.26 Å². The average molecular weight is 340 g/mol. The molecule has 0 N–H and O–H groups in total. The molecule has 2 aliphatic heterocycles. The molecule has 2 amide bonds. The van der Waals surface area contributed by atoms with Gasteiger partial charge in [0.05, 0.1) is 30.5 Å². The van der Waals surface area contributed by atoms with E-state index in [1.54, 1.807) is 17.0 Å². The van der Waals surface area contributed by atoms with E-state index in [4.69, 9.17) is 4.42 Å². The Labute approximate surface area is 135 Å². The third-order valence-electron chi connectivity index (χ3n) is 4.66. The SMILES string of the molecule is CC(C)[C@H]1C(=O)N(S(C)(=O)=O)[C@H]2CCN(C(=O)c3ccco3)C12. The molecule has 0 saturated carbocycles. The maximum Gasteiger partial charge on any atom is 0.289 e. The number of hydrogen-bond donors (Lipinski definition) is 0. The normalized spacial score (nSPS) is 27.8. The number of carbonyl (C=O) groups excluding carboxylic acids is 2. The van der Waals surface area contributed by atoms with Gasteiger partial charge in [-0.05, 0) is 24.5 Å². The van der Waals surface area contributed by atoms with Crippen LogP contribution in [0.1, 0.15) is 30.8 Å². The van der Waals surface area contributed by atoms with Gasteiger partial charge in [0, 0.05) is 6.54 Å². The zero-order chi connectivity index (χ0) is 16.9. The van der Waals surface area contributed by atoms with Crippen LogP contribution in [0.3, 0.4) is 0 Å². The Kier molecular flexibility index (Phi) is 3.74. The summed E-state index contributed by atoms with van der Waals surface area (Å²) in [5.41, 5.74) is 0. The lowest BCUT2D eigenvalue weighted by Gasteiger charge is -2.28. The zero-order valence-corrected chi connectivity index (χ0v) is 14.1. The monoisotopic (exact) mass is 340 g/mol. The van der Waals surface area contributed by atoms with Gasteiger partial charge in [-0.25, -0.2) is 12.7 Å². The molecule has 2 saturated heterocycles.